The number of sulfone groups is 1. The van der Waals surface area contributed by atoms with Gasteiger partial charge in [0.05, 0.1) is 10.5 Å². The maximum absolute atomic E-state index is 11.6. The molecule has 0 saturated carbocycles. The summed E-state index contributed by atoms with van der Waals surface area (Å²) in [6.45, 7) is 8.76. The lowest BCUT2D eigenvalue weighted by Crippen LogP contribution is -2.35. The second-order valence-corrected chi connectivity index (χ2v) is 7.19. The molecule has 0 heterocycles. The summed E-state index contributed by atoms with van der Waals surface area (Å²) >= 11 is 0. The van der Waals surface area contributed by atoms with E-state index in [-0.39, 0.29) is 5.75 Å². The fourth-order valence-corrected chi connectivity index (χ4v) is 1.90. The summed E-state index contributed by atoms with van der Waals surface area (Å²) < 4.78 is 22.7. The van der Waals surface area contributed by atoms with E-state index in [0.717, 1.165) is 6.54 Å². The Balaban J connectivity index is 4.22. The van der Waals surface area contributed by atoms with Crippen molar-refractivity contribution in [1.29, 1.82) is 0 Å². The highest BCUT2D eigenvalue weighted by molar-refractivity contribution is 7.92. The van der Waals surface area contributed by atoms with Gasteiger partial charge in [0.1, 0.15) is 0 Å². The van der Waals surface area contributed by atoms with Crippen molar-refractivity contribution in [3.63, 3.8) is 0 Å². The monoisotopic (exact) mass is 207 g/mol. The van der Waals surface area contributed by atoms with E-state index >= 15 is 0 Å². The highest BCUT2D eigenvalue weighted by Crippen LogP contribution is 2.15. The molecule has 0 atom stereocenters. The Hall–Kier alpha value is -0.0900. The van der Waals surface area contributed by atoms with Crippen LogP contribution in [-0.4, -0.2) is 44.0 Å². The summed E-state index contributed by atoms with van der Waals surface area (Å²) in [6.07, 6.45) is 0. The number of rotatable bonds is 4. The summed E-state index contributed by atoms with van der Waals surface area (Å²) in [7, 11) is -1.02. The fraction of sp³-hybridized carbons (Fsp3) is 1.00. The number of nitrogens with zero attached hydrogens (tertiary/aromatic N) is 1. The molecule has 0 aromatic heterocycles. The van der Waals surface area contributed by atoms with Gasteiger partial charge >= 0.3 is 0 Å². The van der Waals surface area contributed by atoms with Crippen molar-refractivity contribution in [2.75, 3.05) is 25.9 Å². The third-order valence-electron chi connectivity index (χ3n) is 2.21. The van der Waals surface area contributed by atoms with Crippen molar-refractivity contribution in [2.45, 2.75) is 32.4 Å². The molecule has 0 aromatic carbocycles. The molecule has 0 fully saturated rings. The zero-order valence-electron chi connectivity index (χ0n) is 9.29. The smallest absolute Gasteiger partial charge is 0.156 e. The molecule has 0 bridgehead atoms. The molecule has 0 spiro atoms. The number of hydrogen-bond acceptors (Lipinski definition) is 3. The van der Waals surface area contributed by atoms with Crippen LogP contribution in [0.4, 0.5) is 0 Å². The standard InChI is InChI=1S/C9H21NO2S/c1-6-10(5)7-8-13(11,12)9(2,3)4/h6-8H2,1-5H3. The van der Waals surface area contributed by atoms with Gasteiger partial charge in [0.25, 0.3) is 0 Å². The number of hydrogen-bond donors (Lipinski definition) is 0. The predicted octanol–water partition coefficient (Wildman–Crippen LogP) is 1.15. The van der Waals surface area contributed by atoms with Gasteiger partial charge in [-0.1, -0.05) is 6.92 Å². The van der Waals surface area contributed by atoms with Gasteiger partial charge in [-0.05, 0) is 34.4 Å². The van der Waals surface area contributed by atoms with Crippen LogP contribution in [0, 0.1) is 0 Å². The highest BCUT2D eigenvalue weighted by atomic mass is 32.2. The third kappa shape index (κ3) is 4.09. The molecule has 0 aliphatic heterocycles. The van der Waals surface area contributed by atoms with Gasteiger partial charge in [0.15, 0.2) is 9.84 Å². The van der Waals surface area contributed by atoms with E-state index in [9.17, 15) is 8.42 Å². The Morgan fingerprint density at radius 3 is 2.00 bits per heavy atom. The summed E-state index contributed by atoms with van der Waals surface area (Å²) in [6, 6.07) is 0. The SMILES string of the molecule is CCN(C)CCS(=O)(=O)C(C)(C)C. The van der Waals surface area contributed by atoms with Crippen LogP contribution in [0.2, 0.25) is 0 Å². The lowest BCUT2D eigenvalue weighted by molar-refractivity contribution is 0.372. The fourth-order valence-electron chi connectivity index (χ4n) is 0.740. The van der Waals surface area contributed by atoms with Crippen molar-refractivity contribution < 1.29 is 8.42 Å². The molecule has 0 amide bonds. The van der Waals surface area contributed by atoms with Crippen LogP contribution in [0.3, 0.4) is 0 Å². The van der Waals surface area contributed by atoms with Gasteiger partial charge in [-0.3, -0.25) is 0 Å². The summed E-state index contributed by atoms with van der Waals surface area (Å²) in [5.41, 5.74) is 0. The molecular weight excluding hydrogens is 186 g/mol. The van der Waals surface area contributed by atoms with Crippen LogP contribution >= 0.6 is 0 Å². The maximum Gasteiger partial charge on any atom is 0.156 e. The first-order valence-corrected chi connectivity index (χ1v) is 6.27. The molecule has 0 N–H and O–H groups in total. The Morgan fingerprint density at radius 2 is 1.69 bits per heavy atom. The van der Waals surface area contributed by atoms with Crippen LogP contribution in [0.5, 0.6) is 0 Å². The molecule has 0 radical (unpaired) electrons. The van der Waals surface area contributed by atoms with Crippen LogP contribution in [0.25, 0.3) is 0 Å². The summed E-state index contributed by atoms with van der Waals surface area (Å²) in [5, 5.41) is 0. The second kappa shape index (κ2) is 4.42. The Morgan fingerprint density at radius 1 is 1.23 bits per heavy atom. The zero-order valence-corrected chi connectivity index (χ0v) is 10.1. The Labute approximate surface area is 82.0 Å². The largest absolute Gasteiger partial charge is 0.306 e. The van der Waals surface area contributed by atoms with E-state index in [0.29, 0.717) is 6.54 Å². The van der Waals surface area contributed by atoms with Crippen molar-refractivity contribution in [3.8, 4) is 0 Å². The molecule has 0 aliphatic carbocycles. The quantitative estimate of drug-likeness (QED) is 0.694. The van der Waals surface area contributed by atoms with Crippen molar-refractivity contribution in [3.05, 3.63) is 0 Å². The maximum atomic E-state index is 11.6. The van der Waals surface area contributed by atoms with Gasteiger partial charge in [0.2, 0.25) is 0 Å². The molecule has 0 aromatic rings. The van der Waals surface area contributed by atoms with Gasteiger partial charge < -0.3 is 4.90 Å². The van der Waals surface area contributed by atoms with Crippen molar-refractivity contribution >= 4 is 9.84 Å². The molecule has 80 valence electrons. The normalized spacial score (nSPS) is 13.7. The Bertz CT molecular complexity index is 239. The van der Waals surface area contributed by atoms with Crippen LogP contribution in [0.1, 0.15) is 27.7 Å². The molecule has 3 nitrogen and oxygen atoms in total. The van der Waals surface area contributed by atoms with E-state index in [1.807, 2.05) is 18.9 Å². The van der Waals surface area contributed by atoms with E-state index in [2.05, 4.69) is 0 Å². The molecular formula is C9H21NO2S. The second-order valence-electron chi connectivity index (χ2n) is 4.33. The average molecular weight is 207 g/mol. The van der Waals surface area contributed by atoms with Crippen LogP contribution in [-0.2, 0) is 9.84 Å². The zero-order chi connectivity index (χ0) is 10.7. The first-order valence-electron chi connectivity index (χ1n) is 4.61. The first-order chi connectivity index (χ1) is 5.70. The van der Waals surface area contributed by atoms with Crippen LogP contribution in [0.15, 0.2) is 0 Å². The van der Waals surface area contributed by atoms with E-state index in [4.69, 9.17) is 0 Å². The van der Waals surface area contributed by atoms with Gasteiger partial charge in [-0.25, -0.2) is 8.42 Å². The summed E-state index contributed by atoms with van der Waals surface area (Å²) in [5.74, 6) is 0.251. The minimum Gasteiger partial charge on any atom is -0.306 e. The molecule has 0 saturated heterocycles. The first kappa shape index (κ1) is 12.9. The molecule has 0 aliphatic rings. The summed E-state index contributed by atoms with van der Waals surface area (Å²) in [4.78, 5) is 2.00. The van der Waals surface area contributed by atoms with Gasteiger partial charge in [-0.2, -0.15) is 0 Å². The van der Waals surface area contributed by atoms with Crippen molar-refractivity contribution in [2.24, 2.45) is 0 Å². The minimum atomic E-state index is -2.94. The van der Waals surface area contributed by atoms with E-state index < -0.39 is 14.6 Å². The molecule has 13 heavy (non-hydrogen) atoms. The van der Waals surface area contributed by atoms with Gasteiger partial charge in [-0.15, -0.1) is 0 Å². The van der Waals surface area contributed by atoms with Gasteiger partial charge in [0, 0.05) is 6.54 Å². The lowest BCUT2D eigenvalue weighted by atomic mass is 10.3. The molecule has 0 rings (SSSR count). The Kier molecular flexibility index (Phi) is 4.39. The molecule has 0 unspecified atom stereocenters. The lowest BCUT2D eigenvalue weighted by Gasteiger charge is -2.21. The van der Waals surface area contributed by atoms with Crippen molar-refractivity contribution in [1.82, 2.24) is 4.90 Å². The molecule has 4 heteroatoms. The highest BCUT2D eigenvalue weighted by Gasteiger charge is 2.28. The minimum absolute atomic E-state index is 0.251. The topological polar surface area (TPSA) is 37.4 Å². The van der Waals surface area contributed by atoms with E-state index in [1.54, 1.807) is 20.8 Å². The predicted molar refractivity (Wildman–Crippen MR) is 56.7 cm³/mol. The van der Waals surface area contributed by atoms with Crippen LogP contribution < -0.4 is 0 Å². The third-order valence-corrected chi connectivity index (χ3v) is 4.80. The van der Waals surface area contributed by atoms with E-state index in [1.165, 1.54) is 0 Å². The average Bonchev–Trinajstić information content (AvgIpc) is 1.98.